The summed E-state index contributed by atoms with van der Waals surface area (Å²) in [6, 6.07) is 15.8. The molecule has 1 aliphatic rings. The van der Waals surface area contributed by atoms with E-state index >= 15 is 0 Å². The molecular formula is C23H25ClN4O2S. The molecule has 4 rings (SSSR count). The number of amides is 1. The number of hydrogen-bond donors (Lipinski definition) is 1. The molecule has 31 heavy (non-hydrogen) atoms. The molecule has 0 bridgehead atoms. The Labute approximate surface area is 191 Å². The van der Waals surface area contributed by atoms with Crippen LogP contribution in [-0.2, 0) is 10.5 Å². The van der Waals surface area contributed by atoms with Gasteiger partial charge in [-0.3, -0.25) is 9.36 Å². The Hall–Kier alpha value is -2.35. The zero-order chi connectivity index (χ0) is 21.8. The number of hydrogen-bond acceptors (Lipinski definition) is 5. The van der Waals surface area contributed by atoms with Gasteiger partial charge in [0.1, 0.15) is 0 Å². The molecule has 1 saturated carbocycles. The molecule has 1 aliphatic carbocycles. The normalized spacial score (nSPS) is 14.4. The second-order valence-corrected chi connectivity index (χ2v) is 9.04. The topological polar surface area (TPSA) is 69.0 Å². The maximum absolute atomic E-state index is 12.2. The van der Waals surface area contributed by atoms with Gasteiger partial charge in [-0.1, -0.05) is 47.6 Å². The second-order valence-electron chi connectivity index (χ2n) is 7.69. The molecule has 8 heteroatoms. The second kappa shape index (κ2) is 9.85. The lowest BCUT2D eigenvalue weighted by atomic mass is 10.1. The van der Waals surface area contributed by atoms with Crippen molar-refractivity contribution in [3.8, 4) is 11.4 Å². The van der Waals surface area contributed by atoms with Crippen LogP contribution < -0.4 is 5.32 Å². The predicted octanol–water partition coefficient (Wildman–Crippen LogP) is 4.99. The van der Waals surface area contributed by atoms with Crippen LogP contribution in [0.4, 0.5) is 0 Å². The van der Waals surface area contributed by atoms with Crippen LogP contribution in [0.2, 0.25) is 5.02 Å². The maximum Gasteiger partial charge on any atom is 0.251 e. The predicted molar refractivity (Wildman–Crippen MR) is 124 cm³/mol. The lowest BCUT2D eigenvalue weighted by Crippen LogP contribution is -2.25. The monoisotopic (exact) mass is 456 g/mol. The highest BCUT2D eigenvalue weighted by atomic mass is 35.5. The fourth-order valence-electron chi connectivity index (χ4n) is 3.31. The van der Waals surface area contributed by atoms with Gasteiger partial charge in [0.25, 0.3) is 5.91 Å². The summed E-state index contributed by atoms with van der Waals surface area (Å²) in [7, 11) is 1.68. The average molecular weight is 457 g/mol. The van der Waals surface area contributed by atoms with Gasteiger partial charge in [-0.25, -0.2) is 0 Å². The minimum absolute atomic E-state index is 0.000724. The molecule has 1 amide bonds. The van der Waals surface area contributed by atoms with Crippen LogP contribution in [0.25, 0.3) is 11.4 Å². The lowest BCUT2D eigenvalue weighted by molar-refractivity contribution is 0.0951. The van der Waals surface area contributed by atoms with Crippen molar-refractivity contribution >= 4 is 29.3 Å². The molecule has 0 spiro atoms. The van der Waals surface area contributed by atoms with Gasteiger partial charge >= 0.3 is 0 Å². The van der Waals surface area contributed by atoms with E-state index in [0.717, 1.165) is 34.9 Å². The first kappa shape index (κ1) is 21.9. The maximum atomic E-state index is 12.2. The first-order chi connectivity index (χ1) is 15.1. The summed E-state index contributed by atoms with van der Waals surface area (Å²) in [5.74, 6) is 1.44. The van der Waals surface area contributed by atoms with Gasteiger partial charge < -0.3 is 10.1 Å². The molecule has 1 fully saturated rings. The van der Waals surface area contributed by atoms with Crippen LogP contribution >= 0.6 is 23.4 Å². The fourth-order valence-corrected chi connectivity index (χ4v) is 4.52. The van der Waals surface area contributed by atoms with Gasteiger partial charge in [-0.15, -0.1) is 10.2 Å². The summed E-state index contributed by atoms with van der Waals surface area (Å²) in [5.41, 5.74) is 2.65. The zero-order valence-electron chi connectivity index (χ0n) is 17.5. The summed E-state index contributed by atoms with van der Waals surface area (Å²) in [5, 5.41) is 13.3. The van der Waals surface area contributed by atoms with Crippen molar-refractivity contribution in [3.63, 3.8) is 0 Å². The van der Waals surface area contributed by atoms with E-state index in [1.54, 1.807) is 18.9 Å². The zero-order valence-corrected chi connectivity index (χ0v) is 19.1. The quantitative estimate of drug-likeness (QED) is 0.459. The number of thioether (sulfide) groups is 1. The SMILES string of the molecule is COCC(C)n1c(SCc2ccc(C(=O)NC3CC3)cc2)nnc1-c1ccccc1Cl. The third-order valence-corrected chi connectivity index (χ3v) is 6.47. The van der Waals surface area contributed by atoms with Crippen molar-refractivity contribution in [2.24, 2.45) is 0 Å². The molecule has 1 unspecified atom stereocenters. The van der Waals surface area contributed by atoms with Crippen molar-refractivity contribution in [1.29, 1.82) is 0 Å². The highest BCUT2D eigenvalue weighted by molar-refractivity contribution is 7.98. The van der Waals surface area contributed by atoms with Crippen molar-refractivity contribution < 1.29 is 9.53 Å². The number of nitrogens with one attached hydrogen (secondary N) is 1. The summed E-state index contributed by atoms with van der Waals surface area (Å²) in [6.45, 7) is 2.61. The number of ether oxygens (including phenoxy) is 1. The Morgan fingerprint density at radius 1 is 1.23 bits per heavy atom. The fraction of sp³-hybridized carbons (Fsp3) is 0.348. The summed E-state index contributed by atoms with van der Waals surface area (Å²) in [6.07, 6.45) is 2.16. The summed E-state index contributed by atoms with van der Waals surface area (Å²) in [4.78, 5) is 12.2. The highest BCUT2D eigenvalue weighted by Gasteiger charge is 2.24. The van der Waals surface area contributed by atoms with Gasteiger partial charge in [-0.2, -0.15) is 0 Å². The molecule has 6 nitrogen and oxygen atoms in total. The van der Waals surface area contributed by atoms with E-state index in [1.165, 1.54) is 0 Å². The lowest BCUT2D eigenvalue weighted by Gasteiger charge is -2.17. The Balaban J connectivity index is 1.51. The average Bonchev–Trinajstić information content (AvgIpc) is 3.49. The minimum atomic E-state index is -0.000724. The van der Waals surface area contributed by atoms with Gasteiger partial charge in [0.05, 0.1) is 17.7 Å². The van der Waals surface area contributed by atoms with Crippen LogP contribution in [0.3, 0.4) is 0 Å². The van der Waals surface area contributed by atoms with Crippen LogP contribution in [0.15, 0.2) is 53.7 Å². The smallest absolute Gasteiger partial charge is 0.251 e. The van der Waals surface area contributed by atoms with Crippen molar-refractivity contribution in [3.05, 3.63) is 64.7 Å². The van der Waals surface area contributed by atoms with Gasteiger partial charge in [0, 0.05) is 30.0 Å². The number of carbonyl (C=O) groups is 1. The Kier molecular flexibility index (Phi) is 6.95. The number of carbonyl (C=O) groups excluding carboxylic acids is 1. The first-order valence-corrected chi connectivity index (χ1v) is 11.6. The number of halogens is 1. The van der Waals surface area contributed by atoms with E-state index in [1.807, 2.05) is 48.5 Å². The Bertz CT molecular complexity index is 1050. The van der Waals surface area contributed by atoms with Crippen LogP contribution in [0.1, 0.15) is 41.7 Å². The van der Waals surface area contributed by atoms with Crippen LogP contribution in [0.5, 0.6) is 0 Å². The van der Waals surface area contributed by atoms with E-state index in [2.05, 4.69) is 27.0 Å². The molecule has 0 saturated heterocycles. The number of benzene rings is 2. The van der Waals surface area contributed by atoms with E-state index in [9.17, 15) is 4.79 Å². The van der Waals surface area contributed by atoms with E-state index in [0.29, 0.717) is 29.0 Å². The standard InChI is InChI=1S/C23H25ClN4O2S/c1-15(13-30-2)28-21(19-5-3-4-6-20(19)24)26-27-23(28)31-14-16-7-9-17(10-8-16)22(29)25-18-11-12-18/h3-10,15,18H,11-14H2,1-2H3,(H,25,29). The van der Waals surface area contributed by atoms with Gasteiger partial charge in [-0.05, 0) is 49.6 Å². The Morgan fingerprint density at radius 2 is 1.97 bits per heavy atom. The molecule has 2 aromatic carbocycles. The van der Waals surface area contributed by atoms with Crippen LogP contribution in [-0.4, -0.2) is 40.4 Å². The highest BCUT2D eigenvalue weighted by Crippen LogP contribution is 2.33. The largest absolute Gasteiger partial charge is 0.383 e. The molecule has 1 N–H and O–H groups in total. The number of rotatable bonds is 9. The molecule has 1 aromatic heterocycles. The number of methoxy groups -OCH3 is 1. The van der Waals surface area contributed by atoms with Crippen LogP contribution in [0, 0.1) is 0 Å². The molecule has 0 aliphatic heterocycles. The third-order valence-electron chi connectivity index (χ3n) is 5.12. The molecule has 1 heterocycles. The van der Waals surface area contributed by atoms with E-state index < -0.39 is 0 Å². The first-order valence-electron chi connectivity index (χ1n) is 10.3. The number of aromatic nitrogens is 3. The van der Waals surface area contributed by atoms with Crippen molar-refractivity contribution in [1.82, 2.24) is 20.1 Å². The van der Waals surface area contributed by atoms with E-state index in [4.69, 9.17) is 16.3 Å². The van der Waals surface area contributed by atoms with Crippen molar-refractivity contribution in [2.45, 2.75) is 42.8 Å². The minimum Gasteiger partial charge on any atom is -0.383 e. The molecule has 1 atom stereocenters. The molecular weight excluding hydrogens is 432 g/mol. The van der Waals surface area contributed by atoms with Gasteiger partial charge in [0.15, 0.2) is 11.0 Å². The molecule has 162 valence electrons. The molecule has 0 radical (unpaired) electrons. The summed E-state index contributed by atoms with van der Waals surface area (Å²) < 4.78 is 7.45. The van der Waals surface area contributed by atoms with E-state index in [-0.39, 0.29) is 11.9 Å². The van der Waals surface area contributed by atoms with Gasteiger partial charge in [0.2, 0.25) is 0 Å². The summed E-state index contributed by atoms with van der Waals surface area (Å²) >= 11 is 8.02. The van der Waals surface area contributed by atoms with Crippen molar-refractivity contribution in [2.75, 3.05) is 13.7 Å². The molecule has 3 aromatic rings. The Morgan fingerprint density at radius 3 is 2.65 bits per heavy atom. The number of nitrogens with zero attached hydrogens (tertiary/aromatic N) is 3. The third kappa shape index (κ3) is 5.29.